The summed E-state index contributed by atoms with van der Waals surface area (Å²) in [6.07, 6.45) is 0.666. The number of rotatable bonds is 8. The van der Waals surface area contributed by atoms with E-state index >= 15 is 0 Å². The summed E-state index contributed by atoms with van der Waals surface area (Å²) in [4.78, 5) is 35.5. The largest absolute Gasteiger partial charge is 0.481 e. The van der Waals surface area contributed by atoms with Crippen LogP contribution in [0.25, 0.3) is 0 Å². The van der Waals surface area contributed by atoms with E-state index in [2.05, 4.69) is 5.32 Å². The number of carbonyl (C=O) groups excluding carboxylic acids is 2. The van der Waals surface area contributed by atoms with Gasteiger partial charge in [-0.25, -0.2) is 0 Å². The van der Waals surface area contributed by atoms with Crippen molar-refractivity contribution in [1.82, 2.24) is 10.2 Å². The predicted octanol–water partition coefficient (Wildman–Crippen LogP) is 0.914. The predicted molar refractivity (Wildman–Crippen MR) is 82.2 cm³/mol. The minimum Gasteiger partial charge on any atom is -0.481 e. The highest BCUT2D eigenvalue weighted by atomic mass is 16.4. The van der Waals surface area contributed by atoms with Crippen molar-refractivity contribution in [3.05, 3.63) is 35.9 Å². The van der Waals surface area contributed by atoms with Crippen LogP contribution in [-0.2, 0) is 20.8 Å². The molecule has 0 fully saturated rings. The molecule has 0 heterocycles. The van der Waals surface area contributed by atoms with Crippen LogP contribution in [0.2, 0.25) is 0 Å². The van der Waals surface area contributed by atoms with Gasteiger partial charge in [0.1, 0.15) is 0 Å². The van der Waals surface area contributed by atoms with Gasteiger partial charge in [0.25, 0.3) is 0 Å². The first-order chi connectivity index (χ1) is 10.4. The Balaban J connectivity index is 2.45. The first-order valence-corrected chi connectivity index (χ1v) is 7.19. The Bertz CT molecular complexity index is 516. The lowest BCUT2D eigenvalue weighted by Crippen LogP contribution is -2.42. The molecular formula is C16H22N2O4. The van der Waals surface area contributed by atoms with Gasteiger partial charge in [-0.2, -0.15) is 0 Å². The quantitative estimate of drug-likeness (QED) is 0.747. The highest BCUT2D eigenvalue weighted by Crippen LogP contribution is 2.02. The molecule has 2 N–H and O–H groups in total. The Kier molecular flexibility index (Phi) is 7.08. The van der Waals surface area contributed by atoms with Crippen LogP contribution in [0.3, 0.4) is 0 Å². The van der Waals surface area contributed by atoms with E-state index in [0.29, 0.717) is 13.0 Å². The van der Waals surface area contributed by atoms with Gasteiger partial charge in [-0.1, -0.05) is 37.3 Å². The second-order valence-corrected chi connectivity index (χ2v) is 5.22. The number of carbonyl (C=O) groups is 3. The number of aliphatic carboxylic acids is 1. The maximum absolute atomic E-state index is 11.8. The van der Waals surface area contributed by atoms with Crippen LogP contribution in [0, 0.1) is 5.92 Å². The number of hydrogen-bond donors (Lipinski definition) is 2. The van der Waals surface area contributed by atoms with Gasteiger partial charge in [0.05, 0.1) is 12.5 Å². The van der Waals surface area contributed by atoms with Crippen LogP contribution < -0.4 is 5.32 Å². The zero-order valence-electron chi connectivity index (χ0n) is 12.9. The molecule has 0 saturated heterocycles. The Morgan fingerprint density at radius 1 is 1.23 bits per heavy atom. The van der Waals surface area contributed by atoms with Crippen LogP contribution in [-0.4, -0.2) is 47.4 Å². The monoisotopic (exact) mass is 306 g/mol. The maximum atomic E-state index is 11.8. The first kappa shape index (κ1) is 17.7. The molecule has 0 aliphatic rings. The number of amides is 2. The van der Waals surface area contributed by atoms with Gasteiger partial charge in [0, 0.05) is 20.0 Å². The van der Waals surface area contributed by atoms with Gasteiger partial charge in [-0.15, -0.1) is 0 Å². The number of nitrogens with zero attached hydrogens (tertiary/aromatic N) is 1. The summed E-state index contributed by atoms with van der Waals surface area (Å²) in [6, 6.07) is 9.70. The zero-order valence-corrected chi connectivity index (χ0v) is 12.9. The van der Waals surface area contributed by atoms with Gasteiger partial charge >= 0.3 is 5.97 Å². The minimum atomic E-state index is -0.965. The van der Waals surface area contributed by atoms with Crippen molar-refractivity contribution >= 4 is 17.8 Å². The number of nitrogens with one attached hydrogen (secondary N) is 1. The molecule has 0 aliphatic heterocycles. The van der Waals surface area contributed by atoms with Gasteiger partial charge < -0.3 is 15.3 Å². The van der Waals surface area contributed by atoms with Crippen LogP contribution in [0.5, 0.6) is 0 Å². The lowest BCUT2D eigenvalue weighted by atomic mass is 10.1. The summed E-state index contributed by atoms with van der Waals surface area (Å²) in [5.74, 6) is -2.15. The second-order valence-electron chi connectivity index (χ2n) is 5.22. The summed E-state index contributed by atoms with van der Waals surface area (Å²) < 4.78 is 0. The third kappa shape index (κ3) is 6.39. The molecule has 2 amide bonds. The van der Waals surface area contributed by atoms with Crippen LogP contribution >= 0.6 is 0 Å². The highest BCUT2D eigenvalue weighted by molar-refractivity contribution is 5.84. The van der Waals surface area contributed by atoms with E-state index < -0.39 is 11.9 Å². The normalized spacial score (nSPS) is 11.5. The topological polar surface area (TPSA) is 86.7 Å². The molecule has 1 atom stereocenters. The molecule has 0 saturated carbocycles. The molecule has 0 aromatic heterocycles. The molecule has 1 rings (SSSR count). The van der Waals surface area contributed by atoms with Crippen LogP contribution in [0.4, 0.5) is 0 Å². The third-order valence-electron chi connectivity index (χ3n) is 3.32. The fourth-order valence-electron chi connectivity index (χ4n) is 1.84. The molecule has 22 heavy (non-hydrogen) atoms. The average molecular weight is 306 g/mol. The summed E-state index contributed by atoms with van der Waals surface area (Å²) in [6.45, 7) is 3.37. The van der Waals surface area contributed by atoms with Crippen LogP contribution in [0.15, 0.2) is 30.3 Å². The summed E-state index contributed by atoms with van der Waals surface area (Å²) in [7, 11) is 0. The van der Waals surface area contributed by atoms with Gasteiger partial charge in [-0.05, 0) is 12.0 Å². The van der Waals surface area contributed by atoms with E-state index in [1.807, 2.05) is 30.3 Å². The molecule has 0 bridgehead atoms. The van der Waals surface area contributed by atoms with Crippen molar-refractivity contribution in [2.45, 2.75) is 20.3 Å². The second kappa shape index (κ2) is 8.81. The van der Waals surface area contributed by atoms with Crippen molar-refractivity contribution in [2.75, 3.05) is 19.6 Å². The van der Waals surface area contributed by atoms with Gasteiger partial charge in [0.2, 0.25) is 11.8 Å². The molecule has 0 spiro atoms. The standard InChI is InChI=1S/C16H22N2O4/c1-12(16(21)22)10-17-15(20)11-18(13(2)19)9-8-14-6-4-3-5-7-14/h3-7,12H,8-11H2,1-2H3,(H,17,20)(H,21,22). The fraction of sp³-hybridized carbons (Fsp3) is 0.438. The number of carboxylic acids is 1. The fourth-order valence-corrected chi connectivity index (χ4v) is 1.84. The minimum absolute atomic E-state index is 0.0542. The van der Waals surface area contributed by atoms with Gasteiger partial charge in [0.15, 0.2) is 0 Å². The van der Waals surface area contributed by atoms with Crippen molar-refractivity contribution in [3.63, 3.8) is 0 Å². The Morgan fingerprint density at radius 3 is 2.41 bits per heavy atom. The molecule has 0 radical (unpaired) electrons. The summed E-state index contributed by atoms with van der Waals surface area (Å²) >= 11 is 0. The Hall–Kier alpha value is -2.37. The summed E-state index contributed by atoms with van der Waals surface area (Å²) in [5, 5.41) is 11.3. The van der Waals surface area contributed by atoms with E-state index in [1.54, 1.807) is 0 Å². The van der Waals surface area contributed by atoms with E-state index in [1.165, 1.54) is 18.7 Å². The molecule has 1 unspecified atom stereocenters. The van der Waals surface area contributed by atoms with Crippen molar-refractivity contribution < 1.29 is 19.5 Å². The molecule has 0 aliphatic carbocycles. The lowest BCUT2D eigenvalue weighted by Gasteiger charge is -2.21. The molecule has 1 aromatic rings. The number of benzene rings is 1. The maximum Gasteiger partial charge on any atom is 0.308 e. The molecule has 6 heteroatoms. The van der Waals surface area contributed by atoms with Gasteiger partial charge in [-0.3, -0.25) is 14.4 Å². The van der Waals surface area contributed by atoms with E-state index in [9.17, 15) is 14.4 Å². The van der Waals surface area contributed by atoms with Crippen molar-refractivity contribution in [3.8, 4) is 0 Å². The van der Waals surface area contributed by atoms with Crippen molar-refractivity contribution in [2.24, 2.45) is 5.92 Å². The van der Waals surface area contributed by atoms with Crippen LogP contribution in [0.1, 0.15) is 19.4 Å². The number of carboxylic acid groups (broad SMARTS) is 1. The lowest BCUT2D eigenvalue weighted by molar-refractivity contribution is -0.141. The molecule has 1 aromatic carbocycles. The summed E-state index contributed by atoms with van der Waals surface area (Å²) in [5.41, 5.74) is 1.09. The smallest absolute Gasteiger partial charge is 0.308 e. The van der Waals surface area contributed by atoms with E-state index in [0.717, 1.165) is 5.56 Å². The van der Waals surface area contributed by atoms with E-state index in [-0.39, 0.29) is 24.9 Å². The molecule has 120 valence electrons. The Labute approximate surface area is 130 Å². The SMILES string of the molecule is CC(=O)N(CCc1ccccc1)CC(=O)NCC(C)C(=O)O. The average Bonchev–Trinajstić information content (AvgIpc) is 2.49. The zero-order chi connectivity index (χ0) is 16.5. The molecule has 6 nitrogen and oxygen atoms in total. The highest BCUT2D eigenvalue weighted by Gasteiger charge is 2.16. The van der Waals surface area contributed by atoms with E-state index in [4.69, 9.17) is 5.11 Å². The third-order valence-corrected chi connectivity index (χ3v) is 3.32. The number of hydrogen-bond acceptors (Lipinski definition) is 3. The Morgan fingerprint density at radius 2 is 1.86 bits per heavy atom. The first-order valence-electron chi connectivity index (χ1n) is 7.19. The van der Waals surface area contributed by atoms with Crippen molar-refractivity contribution in [1.29, 1.82) is 0 Å². The molecular weight excluding hydrogens is 284 g/mol.